The van der Waals surface area contributed by atoms with Crippen LogP contribution in [0.5, 0.6) is 0 Å². The molecule has 0 amide bonds. The first-order valence-electron chi connectivity index (χ1n) is 11.7. The Morgan fingerprint density at radius 3 is 2.77 bits per heavy atom. The number of hydrogen-bond donors (Lipinski definition) is 3. The van der Waals surface area contributed by atoms with E-state index < -0.39 is 0 Å². The van der Waals surface area contributed by atoms with Gasteiger partial charge in [-0.25, -0.2) is 0 Å². The van der Waals surface area contributed by atoms with Gasteiger partial charge in [-0.15, -0.1) is 0 Å². The van der Waals surface area contributed by atoms with Gasteiger partial charge in [0.15, 0.2) is 0 Å². The molecule has 2 aromatic rings. The molecule has 0 spiro atoms. The molecule has 0 bridgehead atoms. The molecule has 4 rings (SSSR count). The van der Waals surface area contributed by atoms with Crippen LogP contribution in [-0.2, 0) is 6.42 Å². The minimum Gasteiger partial charge on any atom is -0.361 e. The Kier molecular flexibility index (Phi) is 7.44. The number of H-pyrrole nitrogens is 1. The topological polar surface area (TPSA) is 51.3 Å². The first-order chi connectivity index (χ1) is 15.2. The number of nitrogens with zero attached hydrogens (tertiary/aromatic N) is 1. The van der Waals surface area contributed by atoms with Crippen LogP contribution >= 0.6 is 0 Å². The van der Waals surface area contributed by atoms with E-state index in [-0.39, 0.29) is 0 Å². The lowest BCUT2D eigenvalue weighted by atomic mass is 9.92. The maximum atomic E-state index is 8.87. The Balaban J connectivity index is 1.43. The summed E-state index contributed by atoms with van der Waals surface area (Å²) in [6.45, 7) is 5.91. The van der Waals surface area contributed by atoms with E-state index in [4.69, 9.17) is 5.21 Å². The lowest BCUT2D eigenvalue weighted by Gasteiger charge is -2.35. The molecule has 2 aliphatic rings. The van der Waals surface area contributed by atoms with Gasteiger partial charge in [0.2, 0.25) is 0 Å². The third kappa shape index (κ3) is 5.78. The quantitative estimate of drug-likeness (QED) is 0.344. The van der Waals surface area contributed by atoms with Crippen molar-refractivity contribution < 1.29 is 5.21 Å². The molecule has 0 radical (unpaired) electrons. The normalized spacial score (nSPS) is 17.9. The van der Waals surface area contributed by atoms with Crippen LogP contribution in [0.3, 0.4) is 0 Å². The first-order valence-corrected chi connectivity index (χ1v) is 11.7. The summed E-state index contributed by atoms with van der Waals surface area (Å²) < 4.78 is 0. The average molecular weight is 418 g/mol. The number of aromatic amines is 1. The maximum absolute atomic E-state index is 8.87. The van der Waals surface area contributed by atoms with Crippen LogP contribution in [0, 0.1) is 0 Å². The smallest absolute Gasteiger partial charge is 0.0530 e. The highest BCUT2D eigenvalue weighted by Crippen LogP contribution is 2.27. The summed E-state index contributed by atoms with van der Waals surface area (Å²) in [7, 11) is 0. The number of hydroxylamine groups is 1. The van der Waals surface area contributed by atoms with Crippen molar-refractivity contribution in [2.24, 2.45) is 0 Å². The number of benzene rings is 1. The zero-order chi connectivity index (χ0) is 21.5. The number of aromatic nitrogens is 1. The van der Waals surface area contributed by atoms with Crippen molar-refractivity contribution in [2.75, 3.05) is 13.1 Å². The Labute approximate surface area is 186 Å². The Morgan fingerprint density at radius 2 is 2.00 bits per heavy atom. The van der Waals surface area contributed by atoms with Gasteiger partial charge in [0.25, 0.3) is 0 Å². The average Bonchev–Trinajstić information content (AvgIpc) is 3.24. The summed E-state index contributed by atoms with van der Waals surface area (Å²) in [4.78, 5) is 6.18. The van der Waals surface area contributed by atoms with Gasteiger partial charge in [-0.05, 0) is 55.4 Å². The van der Waals surface area contributed by atoms with Gasteiger partial charge in [0, 0.05) is 36.2 Å². The molecule has 2 aliphatic carbocycles. The molecule has 3 N–H and O–H groups in total. The lowest BCUT2D eigenvalue weighted by Crippen LogP contribution is -2.39. The molecular formula is C27H35N3O. The van der Waals surface area contributed by atoms with Crippen molar-refractivity contribution in [1.82, 2.24) is 15.4 Å². The van der Waals surface area contributed by atoms with Gasteiger partial charge in [-0.3, -0.25) is 15.6 Å². The summed E-state index contributed by atoms with van der Waals surface area (Å²) in [6.07, 6.45) is 20.6. The van der Waals surface area contributed by atoms with Gasteiger partial charge in [-0.2, -0.15) is 0 Å². The van der Waals surface area contributed by atoms with Crippen LogP contribution in [0.1, 0.15) is 50.5 Å². The summed E-state index contributed by atoms with van der Waals surface area (Å²) in [5.74, 6) is 0. The van der Waals surface area contributed by atoms with E-state index >= 15 is 0 Å². The predicted octanol–water partition coefficient (Wildman–Crippen LogP) is 6.04. The predicted molar refractivity (Wildman–Crippen MR) is 129 cm³/mol. The molecule has 0 aliphatic heterocycles. The van der Waals surface area contributed by atoms with Gasteiger partial charge in [0.1, 0.15) is 0 Å². The highest BCUT2D eigenvalue weighted by atomic mass is 16.5. The standard InChI is InChI=1S/C27H35N3O/c1-21(29-31)11-12-22-13-15-23(16-14-22)20-30(25-7-3-2-4-8-25)18-17-24-19-28-27-10-6-5-9-26(24)27/h5-6,9-13,15,19,25,28-29,31H,1-4,7-8,14,16-18,20H2/b12-11+. The third-order valence-electron chi connectivity index (χ3n) is 6.75. The SMILES string of the molecule is C=C(/C=C/C1=CC=C(CN(CCc2c[nH]c3ccccc23)C2CCCCC2)CC1)NO. The second-order valence-corrected chi connectivity index (χ2v) is 8.91. The lowest BCUT2D eigenvalue weighted by molar-refractivity contribution is 0.169. The zero-order valence-corrected chi connectivity index (χ0v) is 18.4. The molecule has 4 nitrogen and oxygen atoms in total. The fourth-order valence-electron chi connectivity index (χ4n) is 4.91. The van der Waals surface area contributed by atoms with E-state index in [1.807, 2.05) is 12.2 Å². The largest absolute Gasteiger partial charge is 0.361 e. The monoisotopic (exact) mass is 417 g/mol. The van der Waals surface area contributed by atoms with Crippen LogP contribution in [-0.4, -0.2) is 34.2 Å². The fraction of sp³-hybridized carbons (Fsp3) is 0.407. The van der Waals surface area contributed by atoms with Crippen LogP contribution in [0.15, 0.2) is 78.2 Å². The second kappa shape index (κ2) is 10.7. The van der Waals surface area contributed by atoms with E-state index in [2.05, 4.69) is 64.6 Å². The highest BCUT2D eigenvalue weighted by molar-refractivity contribution is 5.83. The Morgan fingerprint density at radius 1 is 1.16 bits per heavy atom. The number of rotatable bonds is 9. The number of fused-ring (bicyclic) bond motifs is 1. The molecule has 31 heavy (non-hydrogen) atoms. The molecule has 1 heterocycles. The van der Waals surface area contributed by atoms with Crippen LogP contribution in [0.4, 0.5) is 0 Å². The van der Waals surface area contributed by atoms with Crippen molar-refractivity contribution in [3.05, 3.63) is 83.8 Å². The fourth-order valence-corrected chi connectivity index (χ4v) is 4.91. The minimum absolute atomic E-state index is 0.511. The summed E-state index contributed by atoms with van der Waals surface area (Å²) in [5, 5.41) is 10.2. The van der Waals surface area contributed by atoms with Crippen molar-refractivity contribution in [3.8, 4) is 0 Å². The van der Waals surface area contributed by atoms with E-state index in [0.717, 1.165) is 32.4 Å². The summed E-state index contributed by atoms with van der Waals surface area (Å²) in [5.41, 5.74) is 8.07. The molecule has 164 valence electrons. The van der Waals surface area contributed by atoms with Gasteiger partial charge in [-0.1, -0.05) is 67.8 Å². The van der Waals surface area contributed by atoms with E-state index in [1.165, 1.54) is 59.7 Å². The van der Waals surface area contributed by atoms with E-state index in [1.54, 1.807) is 0 Å². The van der Waals surface area contributed by atoms with E-state index in [9.17, 15) is 0 Å². The van der Waals surface area contributed by atoms with Gasteiger partial charge >= 0.3 is 0 Å². The Bertz CT molecular complexity index is 975. The number of allylic oxidation sites excluding steroid dienone is 5. The summed E-state index contributed by atoms with van der Waals surface area (Å²) >= 11 is 0. The first kappa shape index (κ1) is 21.7. The molecular weight excluding hydrogens is 382 g/mol. The van der Waals surface area contributed by atoms with Gasteiger partial charge in [0.05, 0.1) is 5.70 Å². The van der Waals surface area contributed by atoms with Gasteiger partial charge < -0.3 is 4.98 Å². The third-order valence-corrected chi connectivity index (χ3v) is 6.75. The molecule has 4 heteroatoms. The molecule has 1 aromatic carbocycles. The van der Waals surface area contributed by atoms with Crippen LogP contribution in [0.2, 0.25) is 0 Å². The van der Waals surface area contributed by atoms with Crippen molar-refractivity contribution in [1.29, 1.82) is 0 Å². The highest BCUT2D eigenvalue weighted by Gasteiger charge is 2.22. The molecule has 1 saturated carbocycles. The van der Waals surface area contributed by atoms with Crippen LogP contribution < -0.4 is 5.48 Å². The molecule has 1 fully saturated rings. The molecule has 0 saturated heterocycles. The number of hydrogen-bond acceptors (Lipinski definition) is 3. The molecule has 0 unspecified atom stereocenters. The minimum atomic E-state index is 0.511. The molecule has 0 atom stereocenters. The number of nitrogens with one attached hydrogen (secondary N) is 2. The maximum Gasteiger partial charge on any atom is 0.0530 e. The Hall–Kier alpha value is -2.56. The number of para-hydroxylation sites is 1. The van der Waals surface area contributed by atoms with Crippen molar-refractivity contribution in [2.45, 2.75) is 57.4 Å². The summed E-state index contributed by atoms with van der Waals surface area (Å²) in [6, 6.07) is 9.34. The molecule has 1 aromatic heterocycles. The second-order valence-electron chi connectivity index (χ2n) is 8.91. The van der Waals surface area contributed by atoms with E-state index in [0.29, 0.717) is 11.7 Å². The zero-order valence-electron chi connectivity index (χ0n) is 18.4. The van der Waals surface area contributed by atoms with Crippen molar-refractivity contribution in [3.63, 3.8) is 0 Å². The van der Waals surface area contributed by atoms with Crippen LogP contribution in [0.25, 0.3) is 10.9 Å². The van der Waals surface area contributed by atoms with Crippen molar-refractivity contribution >= 4 is 10.9 Å².